The molecule has 0 aliphatic rings. The monoisotopic (exact) mass is 217 g/mol. The first kappa shape index (κ1) is 10.3. The van der Waals surface area contributed by atoms with Gasteiger partial charge in [-0.2, -0.15) is 0 Å². The van der Waals surface area contributed by atoms with Crippen molar-refractivity contribution in [2.24, 2.45) is 0 Å². The van der Waals surface area contributed by atoms with E-state index in [0.717, 1.165) is 0 Å². The number of aromatic nitrogens is 1. The fourth-order valence-electron chi connectivity index (χ4n) is 1.31. The van der Waals surface area contributed by atoms with E-state index in [2.05, 4.69) is 4.98 Å². The minimum Gasteiger partial charge on any atom is -0.493 e. The SMILES string of the molecule is COc1ccccc1Oc1ccc[nH]c1=O. The Morgan fingerprint density at radius 1 is 1.00 bits per heavy atom. The van der Waals surface area contributed by atoms with Gasteiger partial charge in [-0.05, 0) is 24.3 Å². The molecule has 1 aromatic heterocycles. The summed E-state index contributed by atoms with van der Waals surface area (Å²) >= 11 is 0. The summed E-state index contributed by atoms with van der Waals surface area (Å²) in [4.78, 5) is 13.9. The number of nitrogens with one attached hydrogen (secondary N) is 1. The number of hydrogen-bond acceptors (Lipinski definition) is 3. The van der Waals surface area contributed by atoms with Gasteiger partial charge in [0.25, 0.3) is 5.56 Å². The fourth-order valence-corrected chi connectivity index (χ4v) is 1.31. The number of hydrogen-bond donors (Lipinski definition) is 1. The summed E-state index contributed by atoms with van der Waals surface area (Å²) in [5.74, 6) is 1.35. The highest BCUT2D eigenvalue weighted by Gasteiger charge is 2.06. The van der Waals surface area contributed by atoms with Crippen LogP contribution in [-0.4, -0.2) is 12.1 Å². The lowest BCUT2D eigenvalue weighted by Crippen LogP contribution is -2.07. The van der Waals surface area contributed by atoms with Crippen LogP contribution in [0.2, 0.25) is 0 Å². The van der Waals surface area contributed by atoms with E-state index in [1.54, 1.807) is 37.6 Å². The van der Waals surface area contributed by atoms with Crippen LogP contribution in [0.25, 0.3) is 0 Å². The van der Waals surface area contributed by atoms with Crippen molar-refractivity contribution in [1.29, 1.82) is 0 Å². The Hall–Kier alpha value is -2.23. The fraction of sp³-hybridized carbons (Fsp3) is 0.0833. The van der Waals surface area contributed by atoms with E-state index in [4.69, 9.17) is 9.47 Å². The summed E-state index contributed by atoms with van der Waals surface area (Å²) < 4.78 is 10.6. The summed E-state index contributed by atoms with van der Waals surface area (Å²) in [6.45, 7) is 0. The minimum absolute atomic E-state index is 0.243. The zero-order chi connectivity index (χ0) is 11.4. The zero-order valence-corrected chi connectivity index (χ0v) is 8.77. The van der Waals surface area contributed by atoms with Crippen molar-refractivity contribution in [2.45, 2.75) is 0 Å². The lowest BCUT2D eigenvalue weighted by molar-refractivity contribution is 0.377. The Morgan fingerprint density at radius 3 is 2.38 bits per heavy atom. The third-order valence-electron chi connectivity index (χ3n) is 2.07. The Kier molecular flexibility index (Phi) is 2.91. The molecule has 0 spiro atoms. The largest absolute Gasteiger partial charge is 0.493 e. The van der Waals surface area contributed by atoms with E-state index < -0.39 is 0 Å². The number of H-pyrrole nitrogens is 1. The Morgan fingerprint density at radius 2 is 1.69 bits per heavy atom. The van der Waals surface area contributed by atoms with Crippen molar-refractivity contribution in [1.82, 2.24) is 4.98 Å². The summed E-state index contributed by atoms with van der Waals surface area (Å²) in [7, 11) is 1.55. The predicted octanol–water partition coefficient (Wildman–Crippen LogP) is 2.18. The first-order chi connectivity index (χ1) is 7.81. The maximum absolute atomic E-state index is 11.4. The smallest absolute Gasteiger partial charge is 0.290 e. The predicted molar refractivity (Wildman–Crippen MR) is 60.1 cm³/mol. The molecule has 4 heteroatoms. The number of aromatic amines is 1. The van der Waals surface area contributed by atoms with Gasteiger partial charge in [-0.15, -0.1) is 0 Å². The van der Waals surface area contributed by atoms with Gasteiger partial charge in [-0.3, -0.25) is 4.79 Å². The molecule has 0 saturated heterocycles. The first-order valence-corrected chi connectivity index (χ1v) is 4.80. The Balaban J connectivity index is 2.34. The van der Waals surface area contributed by atoms with Crippen molar-refractivity contribution >= 4 is 0 Å². The van der Waals surface area contributed by atoms with Crippen LogP contribution in [0.15, 0.2) is 47.4 Å². The van der Waals surface area contributed by atoms with Gasteiger partial charge in [0, 0.05) is 6.20 Å². The average Bonchev–Trinajstić information content (AvgIpc) is 2.33. The van der Waals surface area contributed by atoms with Crippen LogP contribution in [0.4, 0.5) is 0 Å². The van der Waals surface area contributed by atoms with Gasteiger partial charge < -0.3 is 14.5 Å². The molecule has 0 radical (unpaired) electrons. The van der Waals surface area contributed by atoms with Crippen LogP contribution < -0.4 is 15.0 Å². The van der Waals surface area contributed by atoms with Crippen molar-refractivity contribution in [3.8, 4) is 17.2 Å². The van der Waals surface area contributed by atoms with Crippen LogP contribution in [0, 0.1) is 0 Å². The van der Waals surface area contributed by atoms with E-state index in [-0.39, 0.29) is 11.3 Å². The maximum Gasteiger partial charge on any atom is 0.290 e. The van der Waals surface area contributed by atoms with Crippen molar-refractivity contribution < 1.29 is 9.47 Å². The highest BCUT2D eigenvalue weighted by atomic mass is 16.5. The second-order valence-electron chi connectivity index (χ2n) is 3.12. The molecule has 1 aromatic carbocycles. The molecule has 0 amide bonds. The maximum atomic E-state index is 11.4. The molecule has 0 saturated carbocycles. The highest BCUT2D eigenvalue weighted by molar-refractivity contribution is 5.42. The third-order valence-corrected chi connectivity index (χ3v) is 2.07. The molecule has 4 nitrogen and oxygen atoms in total. The van der Waals surface area contributed by atoms with Gasteiger partial charge in [-0.25, -0.2) is 0 Å². The number of methoxy groups -OCH3 is 1. The molecule has 2 rings (SSSR count). The van der Waals surface area contributed by atoms with E-state index in [9.17, 15) is 4.79 Å². The Labute approximate surface area is 92.5 Å². The number of rotatable bonds is 3. The minimum atomic E-state index is -0.270. The second kappa shape index (κ2) is 4.53. The van der Waals surface area contributed by atoms with Crippen molar-refractivity contribution in [2.75, 3.05) is 7.11 Å². The number of para-hydroxylation sites is 2. The van der Waals surface area contributed by atoms with Crippen LogP contribution in [0.1, 0.15) is 0 Å². The standard InChI is InChI=1S/C12H11NO3/c1-15-9-5-2-3-6-10(9)16-11-7-4-8-13-12(11)14/h2-8H,1H3,(H,13,14). The molecule has 2 aromatic rings. The lowest BCUT2D eigenvalue weighted by Gasteiger charge is -2.08. The normalized spacial score (nSPS) is 9.81. The second-order valence-corrected chi connectivity index (χ2v) is 3.12. The topological polar surface area (TPSA) is 51.3 Å². The molecule has 0 aliphatic heterocycles. The molecule has 0 aliphatic carbocycles. The van der Waals surface area contributed by atoms with E-state index in [0.29, 0.717) is 11.5 Å². The Bertz CT molecular complexity index is 534. The molecule has 16 heavy (non-hydrogen) atoms. The molecule has 0 atom stereocenters. The third kappa shape index (κ3) is 2.06. The zero-order valence-electron chi connectivity index (χ0n) is 8.77. The molecular weight excluding hydrogens is 206 g/mol. The van der Waals surface area contributed by atoms with E-state index in [1.165, 1.54) is 0 Å². The molecule has 82 valence electrons. The lowest BCUT2D eigenvalue weighted by atomic mass is 10.3. The molecule has 1 heterocycles. The quantitative estimate of drug-likeness (QED) is 0.857. The molecular formula is C12H11NO3. The van der Waals surface area contributed by atoms with Gasteiger partial charge in [0.2, 0.25) is 0 Å². The van der Waals surface area contributed by atoms with Gasteiger partial charge in [0.15, 0.2) is 17.2 Å². The number of ether oxygens (including phenoxy) is 2. The summed E-state index contributed by atoms with van der Waals surface area (Å²) in [6, 6.07) is 10.5. The van der Waals surface area contributed by atoms with E-state index >= 15 is 0 Å². The summed E-state index contributed by atoms with van der Waals surface area (Å²) in [5, 5.41) is 0. The molecule has 0 unspecified atom stereocenters. The van der Waals surface area contributed by atoms with Crippen LogP contribution in [0.5, 0.6) is 17.2 Å². The van der Waals surface area contributed by atoms with Crippen LogP contribution >= 0.6 is 0 Å². The van der Waals surface area contributed by atoms with Gasteiger partial charge in [0.05, 0.1) is 7.11 Å². The van der Waals surface area contributed by atoms with Crippen LogP contribution in [-0.2, 0) is 0 Å². The summed E-state index contributed by atoms with van der Waals surface area (Å²) in [5.41, 5.74) is -0.270. The molecule has 0 bridgehead atoms. The van der Waals surface area contributed by atoms with Crippen molar-refractivity contribution in [3.05, 3.63) is 52.9 Å². The van der Waals surface area contributed by atoms with E-state index in [1.807, 2.05) is 12.1 Å². The van der Waals surface area contributed by atoms with Gasteiger partial charge in [-0.1, -0.05) is 12.1 Å². The van der Waals surface area contributed by atoms with Gasteiger partial charge >= 0.3 is 0 Å². The number of benzene rings is 1. The van der Waals surface area contributed by atoms with Crippen LogP contribution in [0.3, 0.4) is 0 Å². The average molecular weight is 217 g/mol. The number of pyridine rings is 1. The first-order valence-electron chi connectivity index (χ1n) is 4.80. The molecule has 0 fully saturated rings. The van der Waals surface area contributed by atoms with Crippen molar-refractivity contribution in [3.63, 3.8) is 0 Å². The molecule has 1 N–H and O–H groups in total. The summed E-state index contributed by atoms with van der Waals surface area (Å²) in [6.07, 6.45) is 1.55. The van der Waals surface area contributed by atoms with Gasteiger partial charge in [0.1, 0.15) is 0 Å². The highest BCUT2D eigenvalue weighted by Crippen LogP contribution is 2.29.